The lowest BCUT2D eigenvalue weighted by Crippen LogP contribution is -2.36. The molecule has 0 unspecified atom stereocenters. The predicted octanol–water partition coefficient (Wildman–Crippen LogP) is 2.47. The van der Waals surface area contributed by atoms with Crippen LogP contribution in [0.5, 0.6) is 5.75 Å². The van der Waals surface area contributed by atoms with Crippen LogP contribution in [0.4, 0.5) is 5.82 Å². The predicted molar refractivity (Wildman–Crippen MR) is 91.4 cm³/mol. The second-order valence-corrected chi connectivity index (χ2v) is 5.55. The van der Waals surface area contributed by atoms with Gasteiger partial charge in [-0.1, -0.05) is 25.5 Å². The van der Waals surface area contributed by atoms with Crippen LogP contribution in [0.1, 0.15) is 25.5 Å². The SMILES string of the molecule is CCC[C@H](N)C(=O)Nc1c(-c2ccc(OC)cc2)c(C)nn1C. The first kappa shape index (κ1) is 17.0. The van der Waals surface area contributed by atoms with E-state index in [0.717, 1.165) is 29.0 Å². The second kappa shape index (κ2) is 7.28. The number of rotatable bonds is 6. The van der Waals surface area contributed by atoms with Crippen LogP contribution in [0, 0.1) is 6.92 Å². The number of carbonyl (C=O) groups excluding carboxylic acids is 1. The average molecular weight is 316 g/mol. The van der Waals surface area contributed by atoms with Crippen molar-refractivity contribution in [3.8, 4) is 16.9 Å². The van der Waals surface area contributed by atoms with Crippen molar-refractivity contribution in [2.45, 2.75) is 32.7 Å². The van der Waals surface area contributed by atoms with Crippen molar-refractivity contribution in [3.63, 3.8) is 0 Å². The fourth-order valence-electron chi connectivity index (χ4n) is 2.56. The summed E-state index contributed by atoms with van der Waals surface area (Å²) in [5.74, 6) is 1.25. The molecule has 124 valence electrons. The quantitative estimate of drug-likeness (QED) is 0.857. The van der Waals surface area contributed by atoms with Crippen molar-refractivity contribution < 1.29 is 9.53 Å². The number of methoxy groups -OCH3 is 1. The van der Waals surface area contributed by atoms with Gasteiger partial charge in [0.15, 0.2) is 0 Å². The first-order chi connectivity index (χ1) is 11.0. The standard InChI is InChI=1S/C17H24N4O2/c1-5-6-14(18)17(22)19-16-15(11(2)20-21(16)3)12-7-9-13(23-4)10-8-12/h7-10,14H,5-6,18H2,1-4H3,(H,19,22)/t14-/m0/s1. The molecule has 0 spiro atoms. The first-order valence-corrected chi connectivity index (χ1v) is 7.72. The third-order valence-electron chi connectivity index (χ3n) is 3.78. The fourth-order valence-corrected chi connectivity index (χ4v) is 2.56. The van der Waals surface area contributed by atoms with E-state index < -0.39 is 6.04 Å². The molecule has 0 aliphatic rings. The van der Waals surface area contributed by atoms with Gasteiger partial charge in [-0.3, -0.25) is 9.48 Å². The Balaban J connectivity index is 2.35. The number of amides is 1. The minimum absolute atomic E-state index is 0.190. The number of nitrogens with zero attached hydrogens (tertiary/aromatic N) is 2. The maximum atomic E-state index is 12.3. The molecule has 1 aromatic heterocycles. The molecule has 3 N–H and O–H groups in total. The van der Waals surface area contributed by atoms with Crippen molar-refractivity contribution in [1.82, 2.24) is 9.78 Å². The number of nitrogens with one attached hydrogen (secondary N) is 1. The van der Waals surface area contributed by atoms with E-state index in [9.17, 15) is 4.79 Å². The van der Waals surface area contributed by atoms with Crippen LogP contribution in [0.3, 0.4) is 0 Å². The smallest absolute Gasteiger partial charge is 0.242 e. The van der Waals surface area contributed by atoms with Crippen molar-refractivity contribution >= 4 is 11.7 Å². The summed E-state index contributed by atoms with van der Waals surface area (Å²) < 4.78 is 6.86. The molecule has 1 atom stereocenters. The topological polar surface area (TPSA) is 82.2 Å². The summed E-state index contributed by atoms with van der Waals surface area (Å²) in [6.45, 7) is 3.92. The van der Waals surface area contributed by atoms with Gasteiger partial charge in [-0.15, -0.1) is 0 Å². The fraction of sp³-hybridized carbons (Fsp3) is 0.412. The van der Waals surface area contributed by atoms with Gasteiger partial charge in [0.2, 0.25) is 5.91 Å². The monoisotopic (exact) mass is 316 g/mol. The molecule has 23 heavy (non-hydrogen) atoms. The number of anilines is 1. The van der Waals surface area contributed by atoms with E-state index in [2.05, 4.69) is 10.4 Å². The molecule has 1 amide bonds. The molecule has 0 radical (unpaired) electrons. The van der Waals surface area contributed by atoms with E-state index >= 15 is 0 Å². The number of ether oxygens (including phenoxy) is 1. The van der Waals surface area contributed by atoms with Gasteiger partial charge in [-0.05, 0) is 31.0 Å². The maximum absolute atomic E-state index is 12.3. The first-order valence-electron chi connectivity index (χ1n) is 7.72. The molecule has 2 aromatic rings. The number of hydrogen-bond donors (Lipinski definition) is 2. The molecule has 6 heteroatoms. The van der Waals surface area contributed by atoms with Gasteiger partial charge < -0.3 is 15.8 Å². The number of benzene rings is 1. The zero-order chi connectivity index (χ0) is 17.0. The van der Waals surface area contributed by atoms with Crippen molar-refractivity contribution in [3.05, 3.63) is 30.0 Å². The van der Waals surface area contributed by atoms with Crippen LogP contribution in [0.15, 0.2) is 24.3 Å². The third-order valence-corrected chi connectivity index (χ3v) is 3.78. The summed E-state index contributed by atoms with van der Waals surface area (Å²) in [5.41, 5.74) is 8.61. The highest BCUT2D eigenvalue weighted by molar-refractivity contribution is 5.97. The van der Waals surface area contributed by atoms with Crippen LogP contribution < -0.4 is 15.8 Å². The summed E-state index contributed by atoms with van der Waals surface area (Å²) in [7, 11) is 3.44. The molecule has 6 nitrogen and oxygen atoms in total. The molecule has 1 aromatic carbocycles. The lowest BCUT2D eigenvalue weighted by atomic mass is 10.1. The molecule has 0 fully saturated rings. The number of aryl methyl sites for hydroxylation is 2. The van der Waals surface area contributed by atoms with Crippen LogP contribution >= 0.6 is 0 Å². The summed E-state index contributed by atoms with van der Waals surface area (Å²) in [4.78, 5) is 12.3. The highest BCUT2D eigenvalue weighted by Crippen LogP contribution is 2.32. The molecule has 0 bridgehead atoms. The minimum Gasteiger partial charge on any atom is -0.497 e. The molecule has 2 rings (SSSR count). The van der Waals surface area contributed by atoms with E-state index in [1.807, 2.05) is 38.1 Å². The van der Waals surface area contributed by atoms with E-state index in [1.54, 1.807) is 18.8 Å². The van der Waals surface area contributed by atoms with E-state index in [-0.39, 0.29) is 5.91 Å². The van der Waals surface area contributed by atoms with E-state index in [4.69, 9.17) is 10.5 Å². The minimum atomic E-state index is -0.515. The zero-order valence-electron chi connectivity index (χ0n) is 14.1. The van der Waals surface area contributed by atoms with E-state index in [0.29, 0.717) is 12.2 Å². The Hall–Kier alpha value is -2.34. The van der Waals surface area contributed by atoms with Gasteiger partial charge in [0.05, 0.1) is 18.8 Å². The van der Waals surface area contributed by atoms with Crippen LogP contribution in [0.25, 0.3) is 11.1 Å². The number of hydrogen-bond acceptors (Lipinski definition) is 4. The average Bonchev–Trinajstić information content (AvgIpc) is 2.81. The molecular weight excluding hydrogens is 292 g/mol. The summed E-state index contributed by atoms with van der Waals surface area (Å²) in [6.07, 6.45) is 1.52. The molecule has 0 aliphatic heterocycles. The lowest BCUT2D eigenvalue weighted by molar-refractivity contribution is -0.117. The van der Waals surface area contributed by atoms with Gasteiger partial charge in [0.25, 0.3) is 0 Å². The molecule has 0 aliphatic carbocycles. The van der Waals surface area contributed by atoms with Gasteiger partial charge in [-0.25, -0.2) is 0 Å². The molecule has 0 saturated carbocycles. The maximum Gasteiger partial charge on any atom is 0.242 e. The Morgan fingerprint density at radius 3 is 2.61 bits per heavy atom. The normalized spacial score (nSPS) is 12.0. The van der Waals surface area contributed by atoms with Gasteiger partial charge in [0, 0.05) is 12.6 Å². The van der Waals surface area contributed by atoms with Gasteiger partial charge in [-0.2, -0.15) is 5.10 Å². The van der Waals surface area contributed by atoms with Gasteiger partial charge >= 0.3 is 0 Å². The van der Waals surface area contributed by atoms with Crippen LogP contribution in [-0.2, 0) is 11.8 Å². The highest BCUT2D eigenvalue weighted by atomic mass is 16.5. The van der Waals surface area contributed by atoms with Crippen molar-refractivity contribution in [2.24, 2.45) is 12.8 Å². The van der Waals surface area contributed by atoms with Crippen LogP contribution in [-0.4, -0.2) is 28.8 Å². The number of aromatic nitrogens is 2. The molecule has 0 saturated heterocycles. The number of nitrogens with two attached hydrogens (primary N) is 1. The Morgan fingerprint density at radius 1 is 1.39 bits per heavy atom. The summed E-state index contributed by atoms with van der Waals surface area (Å²) in [6, 6.07) is 7.15. The Labute approximate surface area is 136 Å². The second-order valence-electron chi connectivity index (χ2n) is 5.55. The molecule has 1 heterocycles. The molecular formula is C17H24N4O2. The Bertz CT molecular complexity index is 677. The van der Waals surface area contributed by atoms with Crippen molar-refractivity contribution in [1.29, 1.82) is 0 Å². The summed E-state index contributed by atoms with van der Waals surface area (Å²) in [5, 5.41) is 7.33. The number of carbonyl (C=O) groups is 1. The third kappa shape index (κ3) is 3.71. The van der Waals surface area contributed by atoms with Crippen LogP contribution in [0.2, 0.25) is 0 Å². The Kier molecular flexibility index (Phi) is 5.39. The lowest BCUT2D eigenvalue weighted by Gasteiger charge is -2.13. The highest BCUT2D eigenvalue weighted by Gasteiger charge is 2.20. The summed E-state index contributed by atoms with van der Waals surface area (Å²) >= 11 is 0. The van der Waals surface area contributed by atoms with E-state index in [1.165, 1.54) is 0 Å². The largest absolute Gasteiger partial charge is 0.497 e. The zero-order valence-corrected chi connectivity index (χ0v) is 14.1. The van der Waals surface area contributed by atoms with Gasteiger partial charge in [0.1, 0.15) is 11.6 Å². The van der Waals surface area contributed by atoms with Crippen molar-refractivity contribution in [2.75, 3.05) is 12.4 Å². The Morgan fingerprint density at radius 2 is 2.04 bits per heavy atom.